The van der Waals surface area contributed by atoms with Crippen LogP contribution in [0, 0.1) is 10.1 Å². The minimum Gasteiger partial charge on any atom is -0.307 e. The Labute approximate surface area is 141 Å². The fourth-order valence-electron chi connectivity index (χ4n) is 1.66. The van der Waals surface area contributed by atoms with Gasteiger partial charge in [-0.3, -0.25) is 25.2 Å². The molecule has 2 rings (SSSR count). The van der Waals surface area contributed by atoms with E-state index < -0.39 is 40.0 Å². The number of rotatable bonds is 3. The Morgan fingerprint density at radius 2 is 1.96 bits per heavy atom. The minimum absolute atomic E-state index is 0.0528. The van der Waals surface area contributed by atoms with Crippen LogP contribution in [0.15, 0.2) is 29.1 Å². The topological polar surface area (TPSA) is 130 Å². The van der Waals surface area contributed by atoms with Crippen molar-refractivity contribution in [2.75, 3.05) is 10.6 Å². The average molecular weight is 378 g/mol. The summed E-state index contributed by atoms with van der Waals surface area (Å²) in [5.74, 6) is -0.749. The molecule has 0 aliphatic rings. The molecule has 0 saturated carbocycles. The molecule has 25 heavy (non-hydrogen) atoms. The molecule has 0 atom stereocenters. The number of nitrogens with one attached hydrogen (secondary N) is 3. The number of benzene rings is 1. The van der Waals surface area contributed by atoms with Gasteiger partial charge in [0.05, 0.1) is 4.92 Å². The van der Waals surface area contributed by atoms with Crippen molar-refractivity contribution in [2.45, 2.75) is 6.18 Å². The number of alkyl halides is 3. The summed E-state index contributed by atoms with van der Waals surface area (Å²) in [6.07, 6.45) is -4.88. The largest absolute Gasteiger partial charge is 0.433 e. The molecule has 2 aromatic rings. The SMILES string of the molecule is O=C(Nc1ccc(Cl)c([N+](=O)[O-])c1)Nc1nc(C(F)(F)F)cc(=O)[nH]1. The van der Waals surface area contributed by atoms with E-state index in [2.05, 4.69) is 10.3 Å². The number of halogens is 4. The minimum atomic E-state index is -4.88. The first kappa shape index (κ1) is 18.2. The summed E-state index contributed by atoms with van der Waals surface area (Å²) in [4.78, 5) is 37.9. The number of hydrogen-bond acceptors (Lipinski definition) is 5. The van der Waals surface area contributed by atoms with Gasteiger partial charge in [-0.1, -0.05) is 11.6 Å². The second kappa shape index (κ2) is 6.76. The second-order valence-corrected chi connectivity index (χ2v) is 4.89. The van der Waals surface area contributed by atoms with Crippen molar-refractivity contribution >= 4 is 35.0 Å². The smallest absolute Gasteiger partial charge is 0.307 e. The Balaban J connectivity index is 2.19. The quantitative estimate of drug-likeness (QED) is 0.559. The number of urea groups is 1. The highest BCUT2D eigenvalue weighted by Crippen LogP contribution is 2.28. The van der Waals surface area contributed by atoms with Gasteiger partial charge in [-0.05, 0) is 12.1 Å². The number of aromatic amines is 1. The normalized spacial score (nSPS) is 11.0. The fourth-order valence-corrected chi connectivity index (χ4v) is 1.85. The molecule has 0 aliphatic heterocycles. The molecule has 0 saturated heterocycles. The number of nitrogens with zero attached hydrogens (tertiary/aromatic N) is 2. The van der Waals surface area contributed by atoms with Gasteiger partial charge in [0.15, 0.2) is 5.69 Å². The maximum Gasteiger partial charge on any atom is 0.433 e. The molecule has 1 heterocycles. The lowest BCUT2D eigenvalue weighted by Gasteiger charge is -2.09. The van der Waals surface area contributed by atoms with Crippen molar-refractivity contribution < 1.29 is 22.9 Å². The highest BCUT2D eigenvalue weighted by atomic mass is 35.5. The van der Waals surface area contributed by atoms with Crippen LogP contribution < -0.4 is 16.2 Å². The zero-order valence-corrected chi connectivity index (χ0v) is 12.6. The van der Waals surface area contributed by atoms with Crippen LogP contribution in [0.3, 0.4) is 0 Å². The number of nitro benzene ring substituents is 1. The third kappa shape index (κ3) is 4.67. The standard InChI is InChI=1S/C12H7ClF3N5O4/c13-6-2-1-5(3-7(6)21(24)25)17-11(23)20-10-18-8(12(14,15)16)4-9(22)19-10/h1-4H,(H3,17,18,19,20,22,23). The molecule has 0 unspecified atom stereocenters. The van der Waals surface area contributed by atoms with Gasteiger partial charge in [0.2, 0.25) is 5.95 Å². The van der Waals surface area contributed by atoms with Crippen molar-refractivity contribution in [3.63, 3.8) is 0 Å². The Morgan fingerprint density at radius 3 is 2.56 bits per heavy atom. The van der Waals surface area contributed by atoms with Crippen molar-refractivity contribution in [1.29, 1.82) is 0 Å². The van der Waals surface area contributed by atoms with E-state index in [4.69, 9.17) is 11.6 Å². The molecule has 0 bridgehead atoms. The molecule has 9 nitrogen and oxygen atoms in total. The summed E-state index contributed by atoms with van der Waals surface area (Å²) >= 11 is 5.61. The van der Waals surface area contributed by atoms with Crippen LogP contribution in [-0.2, 0) is 6.18 Å². The van der Waals surface area contributed by atoms with E-state index in [-0.39, 0.29) is 16.8 Å². The Kier molecular flexibility index (Phi) is 4.92. The maximum absolute atomic E-state index is 12.6. The monoisotopic (exact) mass is 377 g/mol. The van der Waals surface area contributed by atoms with Crippen LogP contribution in [0.5, 0.6) is 0 Å². The van der Waals surface area contributed by atoms with Crippen LogP contribution in [0.25, 0.3) is 0 Å². The third-order valence-electron chi connectivity index (χ3n) is 2.66. The highest BCUT2D eigenvalue weighted by molar-refractivity contribution is 6.32. The Hall–Kier alpha value is -3.15. The molecular formula is C12H7ClF3N5O4. The number of carbonyl (C=O) groups excluding carboxylic acids is 1. The van der Waals surface area contributed by atoms with Gasteiger partial charge in [0.25, 0.3) is 11.2 Å². The van der Waals surface area contributed by atoms with Gasteiger partial charge in [-0.15, -0.1) is 0 Å². The van der Waals surface area contributed by atoms with Crippen LogP contribution >= 0.6 is 11.6 Å². The van der Waals surface area contributed by atoms with Crippen molar-refractivity contribution in [3.8, 4) is 0 Å². The third-order valence-corrected chi connectivity index (χ3v) is 2.98. The molecule has 0 fully saturated rings. The highest BCUT2D eigenvalue weighted by Gasteiger charge is 2.33. The molecule has 13 heteroatoms. The molecular weight excluding hydrogens is 371 g/mol. The Morgan fingerprint density at radius 1 is 1.28 bits per heavy atom. The lowest BCUT2D eigenvalue weighted by Crippen LogP contribution is -2.25. The van der Waals surface area contributed by atoms with Gasteiger partial charge < -0.3 is 5.32 Å². The summed E-state index contributed by atoms with van der Waals surface area (Å²) in [7, 11) is 0. The number of anilines is 2. The molecule has 132 valence electrons. The van der Waals surface area contributed by atoms with E-state index in [1.54, 1.807) is 0 Å². The van der Waals surface area contributed by atoms with Crippen molar-refractivity contribution in [2.24, 2.45) is 0 Å². The second-order valence-electron chi connectivity index (χ2n) is 4.48. The van der Waals surface area contributed by atoms with E-state index in [1.165, 1.54) is 6.07 Å². The average Bonchev–Trinajstić information content (AvgIpc) is 2.47. The maximum atomic E-state index is 12.6. The molecule has 0 aliphatic carbocycles. The van der Waals surface area contributed by atoms with E-state index in [0.29, 0.717) is 0 Å². The molecule has 0 spiro atoms. The lowest BCUT2D eigenvalue weighted by molar-refractivity contribution is -0.384. The summed E-state index contributed by atoms with van der Waals surface area (Å²) in [6.45, 7) is 0. The molecule has 2 amide bonds. The number of hydrogen-bond donors (Lipinski definition) is 3. The van der Waals surface area contributed by atoms with Crippen LogP contribution in [0.2, 0.25) is 5.02 Å². The first-order valence-corrected chi connectivity index (χ1v) is 6.64. The first-order chi connectivity index (χ1) is 11.6. The summed E-state index contributed by atoms with van der Waals surface area (Å²) < 4.78 is 37.7. The Bertz CT molecular complexity index is 899. The number of carbonyl (C=O) groups is 1. The number of H-pyrrole nitrogens is 1. The summed E-state index contributed by atoms with van der Waals surface area (Å²) in [6, 6.07) is 2.48. The number of nitro groups is 1. The van der Waals surface area contributed by atoms with Crippen molar-refractivity contribution in [1.82, 2.24) is 9.97 Å². The number of amides is 2. The van der Waals surface area contributed by atoms with Crippen LogP contribution in [-0.4, -0.2) is 20.9 Å². The van der Waals surface area contributed by atoms with Crippen LogP contribution in [0.1, 0.15) is 5.69 Å². The van der Waals surface area contributed by atoms with Gasteiger partial charge in [0, 0.05) is 17.8 Å². The van der Waals surface area contributed by atoms with E-state index >= 15 is 0 Å². The molecule has 3 N–H and O–H groups in total. The lowest BCUT2D eigenvalue weighted by atomic mass is 10.3. The predicted molar refractivity (Wildman–Crippen MR) is 80.6 cm³/mol. The van der Waals surface area contributed by atoms with Crippen LogP contribution in [0.4, 0.5) is 35.3 Å². The van der Waals surface area contributed by atoms with Gasteiger partial charge in [-0.2, -0.15) is 13.2 Å². The molecule has 0 radical (unpaired) electrons. The predicted octanol–water partition coefficient (Wildman–Crippen LogP) is 2.99. The molecule has 1 aromatic carbocycles. The summed E-state index contributed by atoms with van der Waals surface area (Å²) in [5.41, 5.74) is -3.15. The van der Waals surface area contributed by atoms with Crippen molar-refractivity contribution in [3.05, 3.63) is 55.5 Å². The zero-order valence-electron chi connectivity index (χ0n) is 11.8. The fraction of sp³-hybridized carbons (Fsp3) is 0.0833. The van der Waals surface area contributed by atoms with E-state index in [9.17, 15) is 32.9 Å². The van der Waals surface area contributed by atoms with E-state index in [0.717, 1.165) is 12.1 Å². The van der Waals surface area contributed by atoms with Gasteiger partial charge >= 0.3 is 12.2 Å². The molecule has 1 aromatic heterocycles. The zero-order chi connectivity index (χ0) is 18.8. The number of aromatic nitrogens is 2. The van der Waals surface area contributed by atoms with Gasteiger partial charge in [0.1, 0.15) is 5.02 Å². The van der Waals surface area contributed by atoms with E-state index in [1.807, 2.05) is 10.3 Å². The summed E-state index contributed by atoms with van der Waals surface area (Å²) in [5, 5.41) is 14.6. The first-order valence-electron chi connectivity index (χ1n) is 6.27. The van der Waals surface area contributed by atoms with Gasteiger partial charge in [-0.25, -0.2) is 9.78 Å².